The van der Waals surface area contributed by atoms with Crippen LogP contribution in [0.25, 0.3) is 0 Å². The fourth-order valence-electron chi connectivity index (χ4n) is 1.09. The number of nitrogen functional groups attached to an aromatic ring is 1. The van der Waals surface area contributed by atoms with Crippen molar-refractivity contribution in [3.63, 3.8) is 0 Å². The molecule has 1 amide bonds. The van der Waals surface area contributed by atoms with Crippen LogP contribution in [0.1, 0.15) is 13.3 Å². The predicted octanol–water partition coefficient (Wildman–Crippen LogP) is 2.65. The van der Waals surface area contributed by atoms with E-state index in [0.29, 0.717) is 11.4 Å². The monoisotopic (exact) mass is 302 g/mol. The van der Waals surface area contributed by atoms with Crippen molar-refractivity contribution in [1.29, 1.82) is 0 Å². The zero-order chi connectivity index (χ0) is 12.0. The zero-order valence-corrected chi connectivity index (χ0v) is 11.5. The van der Waals surface area contributed by atoms with E-state index in [-0.39, 0.29) is 5.91 Å². The highest BCUT2D eigenvalue weighted by atomic mass is 79.9. The van der Waals surface area contributed by atoms with Crippen LogP contribution >= 0.6 is 27.7 Å². The summed E-state index contributed by atoms with van der Waals surface area (Å²) in [5.74, 6) is 0.451. The maximum atomic E-state index is 11.4. The molecule has 0 aliphatic rings. The number of hydrogen-bond acceptors (Lipinski definition) is 3. The molecule has 16 heavy (non-hydrogen) atoms. The third-order valence-corrected chi connectivity index (χ3v) is 3.47. The van der Waals surface area contributed by atoms with Crippen LogP contribution in [0.4, 0.5) is 5.69 Å². The molecule has 1 rings (SSSR count). The Hall–Kier alpha value is -0.680. The SMILES string of the molecule is CCCNC(=O)CSc1cc(Br)ccc1N. The van der Waals surface area contributed by atoms with Crippen molar-refractivity contribution < 1.29 is 4.79 Å². The largest absolute Gasteiger partial charge is 0.398 e. The highest BCUT2D eigenvalue weighted by Gasteiger charge is 2.05. The standard InChI is InChI=1S/C11H15BrN2OS/c1-2-5-14-11(15)7-16-10-6-8(12)3-4-9(10)13/h3-4,6H,2,5,7,13H2,1H3,(H,14,15). The fraction of sp³-hybridized carbons (Fsp3) is 0.364. The fourth-order valence-corrected chi connectivity index (χ4v) is 2.44. The Kier molecular flexibility index (Phi) is 5.69. The molecule has 0 aliphatic carbocycles. The molecular formula is C11H15BrN2OS. The van der Waals surface area contributed by atoms with Crippen LogP contribution in [0.15, 0.2) is 27.6 Å². The minimum Gasteiger partial charge on any atom is -0.398 e. The second-order valence-electron chi connectivity index (χ2n) is 3.32. The molecule has 0 unspecified atom stereocenters. The van der Waals surface area contributed by atoms with Crippen LogP contribution in [0.3, 0.4) is 0 Å². The molecule has 1 aromatic rings. The van der Waals surface area contributed by atoms with Crippen molar-refractivity contribution in [2.45, 2.75) is 18.2 Å². The third-order valence-electron chi connectivity index (χ3n) is 1.91. The molecule has 0 bridgehead atoms. The van der Waals surface area contributed by atoms with Gasteiger partial charge in [0.05, 0.1) is 5.75 Å². The zero-order valence-electron chi connectivity index (χ0n) is 9.13. The van der Waals surface area contributed by atoms with Crippen molar-refractivity contribution in [2.75, 3.05) is 18.0 Å². The van der Waals surface area contributed by atoms with Gasteiger partial charge in [0.1, 0.15) is 0 Å². The van der Waals surface area contributed by atoms with Gasteiger partial charge in [0, 0.05) is 21.6 Å². The number of nitrogens with one attached hydrogen (secondary N) is 1. The molecule has 0 radical (unpaired) electrons. The van der Waals surface area contributed by atoms with E-state index in [1.807, 2.05) is 25.1 Å². The lowest BCUT2D eigenvalue weighted by atomic mass is 10.3. The summed E-state index contributed by atoms with van der Waals surface area (Å²) in [4.78, 5) is 12.3. The van der Waals surface area contributed by atoms with Gasteiger partial charge in [-0.05, 0) is 24.6 Å². The van der Waals surface area contributed by atoms with Crippen molar-refractivity contribution >= 4 is 39.3 Å². The number of rotatable bonds is 5. The minimum atomic E-state index is 0.0474. The Morgan fingerprint density at radius 1 is 1.56 bits per heavy atom. The van der Waals surface area contributed by atoms with Crippen LogP contribution in [-0.2, 0) is 4.79 Å². The van der Waals surface area contributed by atoms with E-state index in [9.17, 15) is 4.79 Å². The Labute approximate surface area is 108 Å². The maximum Gasteiger partial charge on any atom is 0.230 e. The second-order valence-corrected chi connectivity index (χ2v) is 5.25. The van der Waals surface area contributed by atoms with Gasteiger partial charge in [-0.25, -0.2) is 0 Å². The predicted molar refractivity (Wildman–Crippen MR) is 72.6 cm³/mol. The van der Waals surface area contributed by atoms with Crippen LogP contribution < -0.4 is 11.1 Å². The Balaban J connectivity index is 2.47. The number of hydrogen-bond donors (Lipinski definition) is 2. The average molecular weight is 303 g/mol. The first-order valence-corrected chi connectivity index (χ1v) is 6.86. The van der Waals surface area contributed by atoms with Gasteiger partial charge in [-0.2, -0.15) is 0 Å². The second kappa shape index (κ2) is 6.81. The van der Waals surface area contributed by atoms with E-state index in [1.54, 1.807) is 0 Å². The average Bonchev–Trinajstić information content (AvgIpc) is 2.27. The summed E-state index contributed by atoms with van der Waals surface area (Å²) in [6, 6.07) is 5.64. The number of carbonyl (C=O) groups excluding carboxylic acids is 1. The Morgan fingerprint density at radius 2 is 2.31 bits per heavy atom. The molecule has 0 saturated heterocycles. The number of amides is 1. The molecule has 0 saturated carbocycles. The molecule has 5 heteroatoms. The van der Waals surface area contributed by atoms with Crippen LogP contribution in [0.2, 0.25) is 0 Å². The van der Waals surface area contributed by atoms with Gasteiger partial charge in [-0.15, -0.1) is 11.8 Å². The normalized spacial score (nSPS) is 10.1. The topological polar surface area (TPSA) is 55.1 Å². The van der Waals surface area contributed by atoms with Gasteiger partial charge in [-0.1, -0.05) is 22.9 Å². The summed E-state index contributed by atoms with van der Waals surface area (Å²) in [6.45, 7) is 2.76. The lowest BCUT2D eigenvalue weighted by Gasteiger charge is -2.06. The van der Waals surface area contributed by atoms with Gasteiger partial charge < -0.3 is 11.1 Å². The summed E-state index contributed by atoms with van der Waals surface area (Å²) < 4.78 is 0.971. The molecule has 3 N–H and O–H groups in total. The van der Waals surface area contributed by atoms with Crippen molar-refractivity contribution in [3.05, 3.63) is 22.7 Å². The van der Waals surface area contributed by atoms with E-state index >= 15 is 0 Å². The number of thioether (sulfide) groups is 1. The van der Waals surface area contributed by atoms with Crippen LogP contribution in [0, 0.1) is 0 Å². The first kappa shape index (κ1) is 13.4. The highest BCUT2D eigenvalue weighted by molar-refractivity contribution is 9.10. The molecule has 0 heterocycles. The van der Waals surface area contributed by atoms with Crippen LogP contribution in [-0.4, -0.2) is 18.2 Å². The summed E-state index contributed by atoms with van der Waals surface area (Å²) in [6.07, 6.45) is 0.954. The molecule has 3 nitrogen and oxygen atoms in total. The number of benzene rings is 1. The van der Waals surface area contributed by atoms with Crippen molar-refractivity contribution in [3.8, 4) is 0 Å². The van der Waals surface area contributed by atoms with E-state index in [0.717, 1.165) is 22.3 Å². The lowest BCUT2D eigenvalue weighted by molar-refractivity contribution is -0.118. The molecule has 1 aromatic carbocycles. The number of anilines is 1. The summed E-state index contributed by atoms with van der Waals surface area (Å²) in [7, 11) is 0. The molecule has 88 valence electrons. The number of carbonyl (C=O) groups is 1. The lowest BCUT2D eigenvalue weighted by Crippen LogP contribution is -2.25. The smallest absolute Gasteiger partial charge is 0.230 e. The minimum absolute atomic E-state index is 0.0474. The molecule has 0 fully saturated rings. The van der Waals surface area contributed by atoms with Crippen molar-refractivity contribution in [2.24, 2.45) is 0 Å². The van der Waals surface area contributed by atoms with Gasteiger partial charge in [0.2, 0.25) is 5.91 Å². The first-order valence-electron chi connectivity index (χ1n) is 5.08. The van der Waals surface area contributed by atoms with E-state index < -0.39 is 0 Å². The molecule has 0 aliphatic heterocycles. The quantitative estimate of drug-likeness (QED) is 0.649. The number of nitrogens with two attached hydrogens (primary N) is 1. The van der Waals surface area contributed by atoms with Gasteiger partial charge in [0.25, 0.3) is 0 Å². The van der Waals surface area contributed by atoms with Gasteiger partial charge in [0.15, 0.2) is 0 Å². The number of halogens is 1. The highest BCUT2D eigenvalue weighted by Crippen LogP contribution is 2.27. The summed E-state index contributed by atoms with van der Waals surface area (Å²) >= 11 is 4.83. The van der Waals surface area contributed by atoms with Gasteiger partial charge in [-0.3, -0.25) is 4.79 Å². The molecule has 0 spiro atoms. The summed E-state index contributed by atoms with van der Waals surface area (Å²) in [5.41, 5.74) is 6.51. The Morgan fingerprint density at radius 3 is 3.00 bits per heavy atom. The first-order chi connectivity index (χ1) is 7.63. The molecular weight excluding hydrogens is 288 g/mol. The Bertz CT molecular complexity index is 371. The van der Waals surface area contributed by atoms with Crippen molar-refractivity contribution in [1.82, 2.24) is 5.32 Å². The maximum absolute atomic E-state index is 11.4. The van der Waals surface area contributed by atoms with E-state index in [1.165, 1.54) is 11.8 Å². The van der Waals surface area contributed by atoms with E-state index in [2.05, 4.69) is 21.2 Å². The van der Waals surface area contributed by atoms with Crippen LogP contribution in [0.5, 0.6) is 0 Å². The molecule has 0 atom stereocenters. The summed E-state index contributed by atoms with van der Waals surface area (Å²) in [5, 5.41) is 2.82. The molecule has 0 aromatic heterocycles. The van der Waals surface area contributed by atoms with E-state index in [4.69, 9.17) is 5.73 Å². The van der Waals surface area contributed by atoms with Gasteiger partial charge >= 0.3 is 0 Å². The third kappa shape index (κ3) is 4.45.